The van der Waals surface area contributed by atoms with E-state index in [2.05, 4.69) is 42.8 Å². The molecule has 1 amide bonds. The molecule has 0 saturated carbocycles. The fourth-order valence-corrected chi connectivity index (χ4v) is 6.55. The molecule has 46 heavy (non-hydrogen) atoms. The van der Waals surface area contributed by atoms with Gasteiger partial charge in [0.2, 0.25) is 0 Å². The Kier molecular flexibility index (Phi) is 18.6. The van der Waals surface area contributed by atoms with Gasteiger partial charge in [0.05, 0.1) is 16.6 Å². The Morgan fingerprint density at radius 3 is 1.98 bits per heavy atom. The zero-order chi connectivity index (χ0) is 34.0. The largest absolute Gasteiger partial charge is 0.489 e. The summed E-state index contributed by atoms with van der Waals surface area (Å²) in [5, 5.41) is 5.52. The van der Waals surface area contributed by atoms with Crippen molar-refractivity contribution in [3.8, 4) is 5.75 Å². The number of carbonyl (C=O) groups excluding carboxylic acids is 1. The number of imidazole rings is 1. The monoisotopic (exact) mass is 697 g/mol. The third-order valence-electron chi connectivity index (χ3n) is 8.31. The van der Waals surface area contributed by atoms with Gasteiger partial charge in [-0.1, -0.05) is 121 Å². The van der Waals surface area contributed by atoms with Gasteiger partial charge in [-0.05, 0) is 43.2 Å². The van der Waals surface area contributed by atoms with Gasteiger partial charge < -0.3 is 15.4 Å². The molecule has 0 saturated heterocycles. The smallest absolute Gasteiger partial charge is 0.329 e. The molecule has 0 spiro atoms. The molecule has 9 nitrogen and oxygen atoms in total. The Labute approximate surface area is 291 Å². The molecule has 2 N–H and O–H groups in total. The highest BCUT2D eigenvalue weighted by Gasteiger charge is 2.33. The van der Waals surface area contributed by atoms with Crippen molar-refractivity contribution in [2.24, 2.45) is 17.6 Å². The highest BCUT2D eigenvalue weighted by atomic mass is 35.5. The molecule has 1 aromatic carbocycles. The minimum absolute atomic E-state index is 0.152. The number of ether oxygens (including phenoxy) is 1. The number of nitrogens with zero attached hydrogens (tertiary/aromatic N) is 6. The topological polar surface area (TPSA) is 104 Å². The zero-order valence-electron chi connectivity index (χ0n) is 28.3. The lowest BCUT2D eigenvalue weighted by molar-refractivity contribution is 0.142. The Balaban J connectivity index is 0.000000320. The molecule has 2 heterocycles. The number of nitrogens with two attached hydrogens (primary N) is 1. The van der Waals surface area contributed by atoms with Crippen LogP contribution in [0.3, 0.4) is 0 Å². The van der Waals surface area contributed by atoms with Crippen molar-refractivity contribution in [3.63, 3.8) is 0 Å². The molecule has 0 aliphatic carbocycles. The quantitative estimate of drug-likeness (QED) is 0.134. The summed E-state index contributed by atoms with van der Waals surface area (Å²) in [7, 11) is 0. The van der Waals surface area contributed by atoms with Gasteiger partial charge in [0.1, 0.15) is 31.3 Å². The predicted octanol–water partition coefficient (Wildman–Crippen LogP) is 9.71. The van der Waals surface area contributed by atoms with Gasteiger partial charge in [-0.15, -0.1) is 0 Å². The number of rotatable bonds is 19. The van der Waals surface area contributed by atoms with E-state index in [1.54, 1.807) is 42.1 Å². The van der Waals surface area contributed by atoms with E-state index < -0.39 is 0 Å². The average Bonchev–Trinajstić information content (AvgIpc) is 3.78. The molecule has 0 bridgehead atoms. The second-order valence-corrected chi connectivity index (χ2v) is 13.2. The third kappa shape index (κ3) is 13.1. The van der Waals surface area contributed by atoms with Gasteiger partial charge in [-0.3, -0.25) is 4.57 Å². The van der Waals surface area contributed by atoms with E-state index in [1.807, 2.05) is 11.6 Å². The van der Waals surface area contributed by atoms with Crippen LogP contribution >= 0.6 is 34.8 Å². The fraction of sp³-hybridized carbons (Fsp3) is 0.647. The summed E-state index contributed by atoms with van der Waals surface area (Å²) in [5.74, 6) is 1.71. The number of amides is 1. The molecule has 0 aliphatic heterocycles. The number of hydrogen-bond donors (Lipinski definition) is 1. The first kappa shape index (κ1) is 39.8. The summed E-state index contributed by atoms with van der Waals surface area (Å²) in [6, 6.07) is 2.97. The zero-order valence-corrected chi connectivity index (χ0v) is 30.6. The Morgan fingerprint density at radius 1 is 0.913 bits per heavy atom. The molecule has 2 aromatic heterocycles. The average molecular weight is 699 g/mol. The van der Waals surface area contributed by atoms with Crippen LogP contribution in [0.2, 0.25) is 15.1 Å². The molecule has 12 heteroatoms. The lowest BCUT2D eigenvalue weighted by atomic mass is 9.82. The van der Waals surface area contributed by atoms with Crippen molar-refractivity contribution in [2.45, 2.75) is 111 Å². The third-order valence-corrected chi connectivity index (χ3v) is 9.09. The Hall–Kier alpha value is -2.33. The molecule has 2 atom stereocenters. The van der Waals surface area contributed by atoms with Crippen molar-refractivity contribution in [1.82, 2.24) is 29.2 Å². The standard InChI is InChI=1S/C19H38N4.C15H16Cl3N3O2/c1-5-9-11-17(7-3)13-19(20,23-16-21-15-22-23)14-18(8-4)12-10-6-2;1-2-4-20(15(22)21-5-3-19-10-21)6-7-23-14-12(17)8-11(16)9-13(14)18/h15-18H,5-14,20H2,1-4H3;3,5,8-10H,2,4,6-7H2,1H3. The van der Waals surface area contributed by atoms with Crippen LogP contribution in [0.25, 0.3) is 0 Å². The minimum atomic E-state index is -0.390. The van der Waals surface area contributed by atoms with Gasteiger partial charge in [0, 0.05) is 24.0 Å². The SMILES string of the molecule is CCCCC(CC)CC(N)(CC(CC)CCCC)n1cncn1.CCCN(CCOc1c(Cl)cc(Cl)cc1Cl)C(=O)n1ccnc1. The number of halogens is 3. The summed E-state index contributed by atoms with van der Waals surface area (Å²) in [5.41, 5.74) is 6.53. The first-order chi connectivity index (χ1) is 22.1. The maximum atomic E-state index is 12.3. The lowest BCUT2D eigenvalue weighted by Gasteiger charge is -2.36. The highest BCUT2D eigenvalue weighted by molar-refractivity contribution is 6.40. The summed E-state index contributed by atoms with van der Waals surface area (Å²) >= 11 is 18.0. The minimum Gasteiger partial charge on any atom is -0.489 e. The number of aromatic nitrogens is 5. The molecule has 258 valence electrons. The van der Waals surface area contributed by atoms with Crippen LogP contribution in [0, 0.1) is 11.8 Å². The summed E-state index contributed by atoms with van der Waals surface area (Å²) in [6.45, 7) is 12.4. The predicted molar refractivity (Wildman–Crippen MR) is 190 cm³/mol. The van der Waals surface area contributed by atoms with Gasteiger partial charge in [0.25, 0.3) is 0 Å². The second kappa shape index (κ2) is 21.5. The van der Waals surface area contributed by atoms with Gasteiger partial charge in [-0.25, -0.2) is 19.4 Å². The van der Waals surface area contributed by atoms with E-state index in [0.717, 1.165) is 19.3 Å². The van der Waals surface area contributed by atoms with Crippen LogP contribution in [0.15, 0.2) is 43.5 Å². The van der Waals surface area contributed by atoms with E-state index in [1.165, 1.54) is 62.3 Å². The Bertz CT molecular complexity index is 1200. The normalized spacial score (nSPS) is 13.8. The van der Waals surface area contributed by atoms with Crippen LogP contribution in [0.1, 0.15) is 105 Å². The summed E-state index contributed by atoms with van der Waals surface area (Å²) in [4.78, 5) is 22.1. The molecule has 0 radical (unpaired) electrons. The number of benzene rings is 1. The molecule has 0 aliphatic rings. The van der Waals surface area contributed by atoms with Crippen LogP contribution in [-0.2, 0) is 5.66 Å². The van der Waals surface area contributed by atoms with Gasteiger partial charge in [0.15, 0.2) is 5.75 Å². The van der Waals surface area contributed by atoms with Crippen LogP contribution in [-0.4, -0.2) is 54.9 Å². The summed E-state index contributed by atoms with van der Waals surface area (Å²) in [6.07, 6.45) is 20.9. The number of unbranched alkanes of at least 4 members (excludes halogenated alkanes) is 2. The first-order valence-electron chi connectivity index (χ1n) is 16.8. The Morgan fingerprint density at radius 2 is 1.52 bits per heavy atom. The molecular formula is C34H54Cl3N7O2. The number of carbonyl (C=O) groups is 1. The second-order valence-electron chi connectivity index (χ2n) is 12.0. The maximum absolute atomic E-state index is 12.3. The highest BCUT2D eigenvalue weighted by Crippen LogP contribution is 2.36. The van der Waals surface area contributed by atoms with Crippen molar-refractivity contribution >= 4 is 40.8 Å². The first-order valence-corrected chi connectivity index (χ1v) is 17.9. The summed E-state index contributed by atoms with van der Waals surface area (Å²) < 4.78 is 8.98. The lowest BCUT2D eigenvalue weighted by Crippen LogP contribution is -2.46. The van der Waals surface area contributed by atoms with Crippen molar-refractivity contribution in [3.05, 3.63) is 58.6 Å². The van der Waals surface area contributed by atoms with Crippen molar-refractivity contribution < 1.29 is 9.53 Å². The van der Waals surface area contributed by atoms with Gasteiger partial charge >= 0.3 is 6.03 Å². The van der Waals surface area contributed by atoms with Crippen LogP contribution < -0.4 is 10.5 Å². The van der Waals surface area contributed by atoms with Crippen LogP contribution in [0.5, 0.6) is 5.75 Å². The van der Waals surface area contributed by atoms with E-state index >= 15 is 0 Å². The maximum Gasteiger partial charge on any atom is 0.329 e. The van der Waals surface area contributed by atoms with Crippen molar-refractivity contribution in [2.75, 3.05) is 19.7 Å². The molecule has 0 fully saturated rings. The van der Waals surface area contributed by atoms with Crippen LogP contribution in [0.4, 0.5) is 4.79 Å². The molecular weight excluding hydrogens is 645 g/mol. The molecule has 3 aromatic rings. The van der Waals surface area contributed by atoms with E-state index in [0.29, 0.717) is 45.7 Å². The molecule has 3 rings (SSSR count). The van der Waals surface area contributed by atoms with Gasteiger partial charge in [-0.2, -0.15) is 5.10 Å². The van der Waals surface area contributed by atoms with E-state index in [9.17, 15) is 4.79 Å². The van der Waals surface area contributed by atoms with E-state index in [-0.39, 0.29) is 18.3 Å². The number of hydrogen-bond acceptors (Lipinski definition) is 6. The van der Waals surface area contributed by atoms with Crippen molar-refractivity contribution in [1.29, 1.82) is 0 Å². The van der Waals surface area contributed by atoms with E-state index in [4.69, 9.17) is 45.3 Å². The fourth-order valence-electron chi connectivity index (χ4n) is 5.63. The molecule has 2 unspecified atom stereocenters.